The molecule has 130 valence electrons. The first kappa shape index (κ1) is 16.2. The number of likely N-dealkylation sites (tertiary alicyclic amines) is 1. The van der Waals surface area contributed by atoms with E-state index in [1.165, 1.54) is 51.4 Å². The van der Waals surface area contributed by atoms with Gasteiger partial charge in [-0.25, -0.2) is 0 Å². The Kier molecular flexibility index (Phi) is 3.96. The SMILES string of the molecule is Cl.O=C(CC12CC3CC(CC(C3)C1)C2)N1CCC2(CCNC2)C1. The number of hydrogen-bond donors (Lipinski definition) is 1. The van der Waals surface area contributed by atoms with Crippen molar-refractivity contribution in [2.45, 2.75) is 57.8 Å². The molecule has 23 heavy (non-hydrogen) atoms. The number of rotatable bonds is 2. The van der Waals surface area contributed by atoms with Gasteiger partial charge in [-0.15, -0.1) is 12.4 Å². The molecule has 0 aromatic heterocycles. The van der Waals surface area contributed by atoms with Gasteiger partial charge in [0, 0.05) is 31.5 Å². The third-order valence-corrected chi connectivity index (χ3v) is 7.81. The third-order valence-electron chi connectivity index (χ3n) is 7.81. The van der Waals surface area contributed by atoms with E-state index in [-0.39, 0.29) is 12.4 Å². The lowest BCUT2D eigenvalue weighted by atomic mass is 9.49. The number of nitrogens with one attached hydrogen (secondary N) is 1. The van der Waals surface area contributed by atoms with Crippen LogP contribution in [0, 0.1) is 28.6 Å². The van der Waals surface area contributed by atoms with Gasteiger partial charge in [-0.05, 0) is 81.1 Å². The molecule has 4 saturated carbocycles. The topological polar surface area (TPSA) is 32.3 Å². The van der Waals surface area contributed by atoms with Gasteiger partial charge in [0.2, 0.25) is 5.91 Å². The minimum Gasteiger partial charge on any atom is -0.342 e. The minimum atomic E-state index is 0. The number of carbonyl (C=O) groups excluding carboxylic acids is 1. The zero-order valence-electron chi connectivity index (χ0n) is 14.2. The molecule has 1 amide bonds. The lowest BCUT2D eigenvalue weighted by molar-refractivity contribution is -0.138. The zero-order chi connectivity index (χ0) is 14.8. The van der Waals surface area contributed by atoms with E-state index < -0.39 is 0 Å². The summed E-state index contributed by atoms with van der Waals surface area (Å²) in [5.74, 6) is 3.37. The molecule has 4 heteroatoms. The molecular weight excluding hydrogens is 308 g/mol. The van der Waals surface area contributed by atoms with Crippen molar-refractivity contribution in [3.05, 3.63) is 0 Å². The molecule has 1 spiro atoms. The maximum Gasteiger partial charge on any atom is 0.223 e. The van der Waals surface area contributed by atoms with Crippen molar-refractivity contribution in [2.24, 2.45) is 28.6 Å². The molecule has 2 heterocycles. The lowest BCUT2D eigenvalue weighted by Gasteiger charge is -2.57. The fourth-order valence-electron chi connectivity index (χ4n) is 7.23. The van der Waals surface area contributed by atoms with Crippen LogP contribution < -0.4 is 5.32 Å². The summed E-state index contributed by atoms with van der Waals surface area (Å²) in [4.78, 5) is 15.2. The highest BCUT2D eigenvalue weighted by atomic mass is 35.5. The summed E-state index contributed by atoms with van der Waals surface area (Å²) in [5.41, 5.74) is 0.840. The molecule has 1 unspecified atom stereocenters. The Labute approximate surface area is 146 Å². The second kappa shape index (κ2) is 5.62. The van der Waals surface area contributed by atoms with E-state index in [4.69, 9.17) is 0 Å². The molecule has 3 nitrogen and oxygen atoms in total. The second-order valence-electron chi connectivity index (χ2n) is 9.59. The molecule has 0 aromatic rings. The Morgan fingerprint density at radius 1 is 1.04 bits per heavy atom. The van der Waals surface area contributed by atoms with Crippen LogP contribution in [-0.2, 0) is 4.79 Å². The first-order valence-corrected chi connectivity index (χ1v) is 9.62. The summed E-state index contributed by atoms with van der Waals surface area (Å²) >= 11 is 0. The van der Waals surface area contributed by atoms with Crippen LogP contribution in [0.25, 0.3) is 0 Å². The van der Waals surface area contributed by atoms with Gasteiger partial charge in [0.25, 0.3) is 0 Å². The van der Waals surface area contributed by atoms with Crippen molar-refractivity contribution in [2.75, 3.05) is 26.2 Å². The largest absolute Gasteiger partial charge is 0.342 e. The van der Waals surface area contributed by atoms with Gasteiger partial charge in [-0.3, -0.25) is 4.79 Å². The van der Waals surface area contributed by atoms with E-state index in [0.29, 0.717) is 16.7 Å². The lowest BCUT2D eigenvalue weighted by Crippen LogP contribution is -2.48. The molecule has 4 bridgehead atoms. The van der Waals surface area contributed by atoms with Crippen molar-refractivity contribution >= 4 is 18.3 Å². The molecular formula is C19H31ClN2O. The van der Waals surface area contributed by atoms with Crippen molar-refractivity contribution < 1.29 is 4.79 Å². The highest BCUT2D eigenvalue weighted by Gasteiger charge is 2.52. The van der Waals surface area contributed by atoms with E-state index in [1.54, 1.807) is 0 Å². The van der Waals surface area contributed by atoms with E-state index in [1.807, 2.05) is 0 Å². The van der Waals surface area contributed by atoms with Crippen LogP contribution in [0.1, 0.15) is 57.8 Å². The maximum absolute atomic E-state index is 13.0. The van der Waals surface area contributed by atoms with Crippen molar-refractivity contribution in [3.8, 4) is 0 Å². The quantitative estimate of drug-likeness (QED) is 0.838. The third kappa shape index (κ3) is 2.72. The van der Waals surface area contributed by atoms with Gasteiger partial charge in [-0.1, -0.05) is 0 Å². The first-order chi connectivity index (χ1) is 10.6. The Morgan fingerprint density at radius 3 is 2.26 bits per heavy atom. The normalized spacial score (nSPS) is 47.3. The summed E-state index contributed by atoms with van der Waals surface area (Å²) in [6, 6.07) is 0. The molecule has 6 aliphatic rings. The fraction of sp³-hybridized carbons (Fsp3) is 0.947. The summed E-state index contributed by atoms with van der Waals surface area (Å²) in [5, 5.41) is 3.50. The van der Waals surface area contributed by atoms with E-state index in [0.717, 1.165) is 50.4 Å². The number of halogens is 1. The highest BCUT2D eigenvalue weighted by Crippen LogP contribution is 2.61. The molecule has 2 aliphatic heterocycles. The van der Waals surface area contributed by atoms with Crippen molar-refractivity contribution in [1.29, 1.82) is 0 Å². The molecule has 1 atom stereocenters. The van der Waals surface area contributed by atoms with Gasteiger partial charge in [0.1, 0.15) is 0 Å². The monoisotopic (exact) mass is 338 g/mol. The van der Waals surface area contributed by atoms with Crippen LogP contribution in [0.4, 0.5) is 0 Å². The van der Waals surface area contributed by atoms with E-state index in [9.17, 15) is 4.79 Å². The Hall–Kier alpha value is -0.280. The van der Waals surface area contributed by atoms with Crippen molar-refractivity contribution in [3.63, 3.8) is 0 Å². The smallest absolute Gasteiger partial charge is 0.223 e. The van der Waals surface area contributed by atoms with Gasteiger partial charge in [-0.2, -0.15) is 0 Å². The molecule has 2 saturated heterocycles. The molecule has 0 radical (unpaired) electrons. The number of hydrogen-bond acceptors (Lipinski definition) is 2. The van der Waals surface area contributed by atoms with E-state index in [2.05, 4.69) is 10.2 Å². The van der Waals surface area contributed by atoms with Gasteiger partial charge >= 0.3 is 0 Å². The van der Waals surface area contributed by atoms with Crippen LogP contribution in [0.5, 0.6) is 0 Å². The average Bonchev–Trinajstić information content (AvgIpc) is 3.07. The van der Waals surface area contributed by atoms with Crippen LogP contribution in [0.2, 0.25) is 0 Å². The standard InChI is InChI=1S/C19H30N2O.ClH/c22-17(21-4-2-18(13-21)1-3-20-12-18)11-19-8-14-5-15(9-19)7-16(6-14)10-19;/h14-16,20H,1-13H2;1H. The van der Waals surface area contributed by atoms with Gasteiger partial charge in [0.15, 0.2) is 0 Å². The average molecular weight is 339 g/mol. The Bertz CT molecular complexity index is 450. The fourth-order valence-corrected chi connectivity index (χ4v) is 7.23. The summed E-state index contributed by atoms with van der Waals surface area (Å²) < 4.78 is 0. The minimum absolute atomic E-state index is 0. The summed E-state index contributed by atoms with van der Waals surface area (Å²) in [6.07, 6.45) is 11.9. The van der Waals surface area contributed by atoms with Crippen LogP contribution >= 0.6 is 12.4 Å². The number of amides is 1. The predicted molar refractivity (Wildman–Crippen MR) is 93.6 cm³/mol. The molecule has 6 fully saturated rings. The molecule has 6 rings (SSSR count). The Balaban J connectivity index is 0.00000135. The predicted octanol–water partition coefficient (Wildman–Crippen LogP) is 3.23. The number of carbonyl (C=O) groups is 1. The molecule has 4 aliphatic carbocycles. The number of nitrogens with zero attached hydrogens (tertiary/aromatic N) is 1. The maximum atomic E-state index is 13.0. The summed E-state index contributed by atoms with van der Waals surface area (Å²) in [6.45, 7) is 4.34. The van der Waals surface area contributed by atoms with Gasteiger partial charge < -0.3 is 10.2 Å². The van der Waals surface area contributed by atoms with Crippen LogP contribution in [0.15, 0.2) is 0 Å². The first-order valence-electron chi connectivity index (χ1n) is 9.62. The van der Waals surface area contributed by atoms with Crippen LogP contribution in [-0.4, -0.2) is 37.0 Å². The second-order valence-corrected chi connectivity index (χ2v) is 9.59. The summed E-state index contributed by atoms with van der Waals surface area (Å²) in [7, 11) is 0. The highest BCUT2D eigenvalue weighted by molar-refractivity contribution is 5.85. The van der Waals surface area contributed by atoms with Gasteiger partial charge in [0.05, 0.1) is 0 Å². The van der Waals surface area contributed by atoms with Crippen molar-refractivity contribution in [1.82, 2.24) is 10.2 Å². The van der Waals surface area contributed by atoms with Crippen LogP contribution in [0.3, 0.4) is 0 Å². The zero-order valence-corrected chi connectivity index (χ0v) is 15.0. The molecule has 0 aromatic carbocycles. The van der Waals surface area contributed by atoms with E-state index >= 15 is 0 Å². The Morgan fingerprint density at radius 2 is 1.70 bits per heavy atom. The molecule has 1 N–H and O–H groups in total.